The Morgan fingerprint density at radius 2 is 1.52 bits per heavy atom. The number of methoxy groups -OCH3 is 1. The molecule has 2 aliphatic heterocycles. The molecule has 27 heavy (non-hydrogen) atoms. The minimum absolute atomic E-state index is 0.000249. The lowest BCUT2D eigenvalue weighted by atomic mass is 10.2. The number of hydrogen-bond donors (Lipinski definition) is 0. The van der Waals surface area contributed by atoms with E-state index < -0.39 is 0 Å². The van der Waals surface area contributed by atoms with E-state index in [4.69, 9.17) is 4.74 Å². The first kappa shape index (κ1) is 17.5. The van der Waals surface area contributed by atoms with Crippen molar-refractivity contribution in [1.29, 1.82) is 0 Å². The summed E-state index contributed by atoms with van der Waals surface area (Å²) in [7, 11) is 1.56. The third-order valence-corrected chi connectivity index (χ3v) is 5.15. The Morgan fingerprint density at radius 1 is 0.889 bits per heavy atom. The molecule has 0 saturated carbocycles. The molecular weight excluding hydrogens is 344 g/mol. The molecule has 4 rings (SSSR count). The van der Waals surface area contributed by atoms with Crippen LogP contribution >= 0.6 is 0 Å². The van der Waals surface area contributed by atoms with Gasteiger partial charge in [0, 0.05) is 51.5 Å². The smallest absolute Gasteiger partial charge is 0.255 e. The molecule has 0 aromatic carbocycles. The highest BCUT2D eigenvalue weighted by Gasteiger charge is 2.23. The number of rotatable bonds is 4. The number of piperazine rings is 1. The summed E-state index contributed by atoms with van der Waals surface area (Å²) in [4.78, 5) is 23.0. The average Bonchev–Trinajstić information content (AvgIpc) is 3.28. The molecule has 0 N–H and O–H groups in total. The zero-order chi connectivity index (χ0) is 18.6. The van der Waals surface area contributed by atoms with Crippen molar-refractivity contribution in [2.45, 2.75) is 12.8 Å². The third kappa shape index (κ3) is 3.79. The van der Waals surface area contributed by atoms with E-state index >= 15 is 0 Å². The van der Waals surface area contributed by atoms with E-state index in [0.29, 0.717) is 24.5 Å². The molecule has 1 amide bonds. The van der Waals surface area contributed by atoms with Crippen molar-refractivity contribution in [3.8, 4) is 5.88 Å². The van der Waals surface area contributed by atoms with Gasteiger partial charge in [-0.05, 0) is 31.0 Å². The van der Waals surface area contributed by atoms with Crippen LogP contribution in [0.5, 0.6) is 5.88 Å². The predicted molar refractivity (Wildman–Crippen MR) is 102 cm³/mol. The van der Waals surface area contributed by atoms with Crippen molar-refractivity contribution >= 4 is 17.5 Å². The largest absolute Gasteiger partial charge is 0.481 e. The van der Waals surface area contributed by atoms with Crippen molar-refractivity contribution in [3.63, 3.8) is 0 Å². The molecule has 2 saturated heterocycles. The first-order valence-electron chi connectivity index (χ1n) is 9.37. The van der Waals surface area contributed by atoms with Gasteiger partial charge < -0.3 is 19.4 Å². The van der Waals surface area contributed by atoms with Crippen LogP contribution < -0.4 is 14.5 Å². The summed E-state index contributed by atoms with van der Waals surface area (Å²) < 4.78 is 5.04. The fourth-order valence-corrected chi connectivity index (χ4v) is 3.55. The molecule has 0 radical (unpaired) electrons. The molecule has 4 heterocycles. The van der Waals surface area contributed by atoms with Crippen LogP contribution in [0.25, 0.3) is 0 Å². The second-order valence-corrected chi connectivity index (χ2v) is 6.81. The van der Waals surface area contributed by atoms with E-state index in [0.717, 1.165) is 37.8 Å². The summed E-state index contributed by atoms with van der Waals surface area (Å²) in [6, 6.07) is 7.55. The third-order valence-electron chi connectivity index (χ3n) is 5.15. The van der Waals surface area contributed by atoms with Crippen LogP contribution in [0.3, 0.4) is 0 Å². The van der Waals surface area contributed by atoms with Crippen LogP contribution in [0, 0.1) is 0 Å². The Balaban J connectivity index is 1.34. The number of carbonyl (C=O) groups excluding carboxylic acids is 1. The molecule has 2 fully saturated rings. The second kappa shape index (κ2) is 7.77. The summed E-state index contributed by atoms with van der Waals surface area (Å²) in [6.45, 7) is 4.92. The molecule has 2 aromatic rings. The molecule has 142 valence electrons. The Morgan fingerprint density at radius 3 is 2.04 bits per heavy atom. The highest BCUT2D eigenvalue weighted by molar-refractivity contribution is 5.94. The van der Waals surface area contributed by atoms with Gasteiger partial charge in [0.15, 0.2) is 11.6 Å². The van der Waals surface area contributed by atoms with Crippen molar-refractivity contribution < 1.29 is 9.53 Å². The summed E-state index contributed by atoms with van der Waals surface area (Å²) in [5.41, 5.74) is 0.582. The lowest BCUT2D eigenvalue weighted by Crippen LogP contribution is -2.49. The van der Waals surface area contributed by atoms with E-state index in [9.17, 15) is 4.79 Å². The minimum Gasteiger partial charge on any atom is -0.481 e. The number of carbonyl (C=O) groups is 1. The Labute approximate surface area is 158 Å². The fraction of sp³-hybridized carbons (Fsp3) is 0.474. The molecule has 0 bridgehead atoms. The zero-order valence-corrected chi connectivity index (χ0v) is 15.5. The Hall–Kier alpha value is -2.90. The summed E-state index contributed by atoms with van der Waals surface area (Å²) in [6.07, 6.45) is 4.02. The highest BCUT2D eigenvalue weighted by atomic mass is 16.5. The molecule has 0 unspecified atom stereocenters. The van der Waals surface area contributed by atoms with E-state index in [1.165, 1.54) is 12.8 Å². The number of amides is 1. The van der Waals surface area contributed by atoms with Gasteiger partial charge in [0.25, 0.3) is 5.91 Å². The van der Waals surface area contributed by atoms with E-state index in [2.05, 4.69) is 25.0 Å². The first-order chi connectivity index (χ1) is 13.2. The van der Waals surface area contributed by atoms with Crippen molar-refractivity contribution in [2.75, 3.05) is 56.2 Å². The first-order valence-corrected chi connectivity index (χ1v) is 9.37. The van der Waals surface area contributed by atoms with Gasteiger partial charge in [-0.15, -0.1) is 10.2 Å². The topological polar surface area (TPSA) is 74.7 Å². The van der Waals surface area contributed by atoms with E-state index in [-0.39, 0.29) is 5.91 Å². The number of nitrogens with zero attached hydrogens (tertiary/aromatic N) is 6. The molecule has 2 aliphatic rings. The zero-order valence-electron chi connectivity index (χ0n) is 15.5. The molecule has 0 aliphatic carbocycles. The van der Waals surface area contributed by atoms with E-state index in [1.54, 1.807) is 25.4 Å². The molecule has 8 heteroatoms. The lowest BCUT2D eigenvalue weighted by Gasteiger charge is -2.35. The quantitative estimate of drug-likeness (QED) is 0.808. The predicted octanol–water partition coefficient (Wildman–Crippen LogP) is 1.44. The van der Waals surface area contributed by atoms with Gasteiger partial charge >= 0.3 is 0 Å². The van der Waals surface area contributed by atoms with Gasteiger partial charge in [-0.25, -0.2) is 4.98 Å². The Bertz CT molecular complexity index is 766. The maximum Gasteiger partial charge on any atom is 0.255 e. The minimum atomic E-state index is 0.000249. The number of pyridine rings is 1. The van der Waals surface area contributed by atoms with Crippen LogP contribution in [0.15, 0.2) is 30.5 Å². The molecule has 2 aromatic heterocycles. The van der Waals surface area contributed by atoms with Gasteiger partial charge in [0.05, 0.1) is 12.7 Å². The molecular formula is C19H24N6O2. The van der Waals surface area contributed by atoms with Crippen LogP contribution in [0.2, 0.25) is 0 Å². The van der Waals surface area contributed by atoms with Crippen LogP contribution in [0.4, 0.5) is 11.6 Å². The maximum absolute atomic E-state index is 12.6. The van der Waals surface area contributed by atoms with Crippen molar-refractivity contribution in [3.05, 3.63) is 36.0 Å². The summed E-state index contributed by atoms with van der Waals surface area (Å²) in [5, 5.41) is 8.79. The van der Waals surface area contributed by atoms with Crippen molar-refractivity contribution in [1.82, 2.24) is 20.1 Å². The second-order valence-electron chi connectivity index (χ2n) is 6.81. The molecule has 0 spiro atoms. The lowest BCUT2D eigenvalue weighted by molar-refractivity contribution is 0.0746. The SMILES string of the molecule is COc1ccc(C(=O)N2CCN(c3ccc(N4CCCC4)nn3)CC2)cn1. The van der Waals surface area contributed by atoms with Crippen LogP contribution in [-0.2, 0) is 0 Å². The van der Waals surface area contributed by atoms with Crippen LogP contribution in [0.1, 0.15) is 23.2 Å². The van der Waals surface area contributed by atoms with Gasteiger partial charge in [-0.2, -0.15) is 0 Å². The van der Waals surface area contributed by atoms with Crippen molar-refractivity contribution in [2.24, 2.45) is 0 Å². The number of anilines is 2. The normalized spacial score (nSPS) is 17.3. The average molecular weight is 368 g/mol. The summed E-state index contributed by atoms with van der Waals surface area (Å²) in [5.74, 6) is 2.33. The number of aromatic nitrogens is 3. The Kier molecular flexibility index (Phi) is 5.04. The fourth-order valence-electron chi connectivity index (χ4n) is 3.55. The monoisotopic (exact) mass is 368 g/mol. The standard InChI is InChI=1S/C19H24N6O2/c1-27-18-7-4-15(14-20-18)19(26)25-12-10-24(11-13-25)17-6-5-16(21-22-17)23-8-2-3-9-23/h4-7,14H,2-3,8-13H2,1H3. The summed E-state index contributed by atoms with van der Waals surface area (Å²) >= 11 is 0. The van der Waals surface area contributed by atoms with Gasteiger partial charge in [0.2, 0.25) is 5.88 Å². The number of ether oxygens (including phenoxy) is 1. The van der Waals surface area contributed by atoms with Gasteiger partial charge in [-0.3, -0.25) is 4.79 Å². The van der Waals surface area contributed by atoms with Crippen LogP contribution in [-0.4, -0.2) is 72.4 Å². The number of hydrogen-bond acceptors (Lipinski definition) is 7. The molecule has 8 nitrogen and oxygen atoms in total. The van der Waals surface area contributed by atoms with Gasteiger partial charge in [0.1, 0.15) is 0 Å². The molecule has 0 atom stereocenters. The highest BCUT2D eigenvalue weighted by Crippen LogP contribution is 2.20. The maximum atomic E-state index is 12.6. The van der Waals surface area contributed by atoms with Gasteiger partial charge in [-0.1, -0.05) is 0 Å². The van der Waals surface area contributed by atoms with E-state index in [1.807, 2.05) is 17.0 Å².